The molecule has 1 rings (SSSR count). The van der Waals surface area contributed by atoms with Crippen molar-refractivity contribution in [3.8, 4) is 0 Å². The number of esters is 1. The molecule has 5 nitrogen and oxygen atoms in total. The smallest absolute Gasteiger partial charge is 0.333 e. The number of likely N-dealkylation sites (N-methyl/N-ethyl adjacent to an activating group) is 1. The standard InChI is InChI=1S/C10H19NO2.C6H8O2/c1-5-11(6-2)7-8-13-10(12)9(3)4;1-4-2-5(3-4)6(7)8/h3,5-8H2,1-2,4H3;2,4H,3H2,1H3,(H,7,8). The van der Waals surface area contributed by atoms with E-state index >= 15 is 0 Å². The Hall–Kier alpha value is -1.62. The second-order valence-electron chi connectivity index (χ2n) is 5.12. The average Bonchev–Trinajstić information content (AvgIpc) is 2.40. The molecule has 0 aromatic heterocycles. The monoisotopic (exact) mass is 297 g/mol. The summed E-state index contributed by atoms with van der Waals surface area (Å²) in [7, 11) is 0. The van der Waals surface area contributed by atoms with Crippen LogP contribution in [0.5, 0.6) is 0 Å². The fourth-order valence-electron chi connectivity index (χ4n) is 1.75. The molecule has 0 spiro atoms. The topological polar surface area (TPSA) is 66.8 Å². The molecule has 120 valence electrons. The highest BCUT2D eigenvalue weighted by Gasteiger charge is 2.19. The van der Waals surface area contributed by atoms with E-state index in [9.17, 15) is 9.59 Å². The summed E-state index contributed by atoms with van der Waals surface area (Å²) in [6.45, 7) is 14.6. The maximum absolute atomic E-state index is 11.0. The van der Waals surface area contributed by atoms with Crippen LogP contribution in [0.15, 0.2) is 23.8 Å². The van der Waals surface area contributed by atoms with E-state index in [1.54, 1.807) is 13.0 Å². The molecule has 0 amide bonds. The number of aliphatic carboxylic acids is 1. The van der Waals surface area contributed by atoms with Crippen molar-refractivity contribution in [2.45, 2.75) is 34.1 Å². The highest BCUT2D eigenvalue weighted by Crippen LogP contribution is 2.24. The van der Waals surface area contributed by atoms with Gasteiger partial charge in [-0.25, -0.2) is 9.59 Å². The molecule has 5 heteroatoms. The van der Waals surface area contributed by atoms with Crippen LogP contribution >= 0.6 is 0 Å². The van der Waals surface area contributed by atoms with Gasteiger partial charge in [-0.2, -0.15) is 0 Å². The number of carbonyl (C=O) groups excluding carboxylic acids is 1. The van der Waals surface area contributed by atoms with Gasteiger partial charge >= 0.3 is 11.9 Å². The van der Waals surface area contributed by atoms with Gasteiger partial charge in [0.2, 0.25) is 0 Å². The molecular formula is C16H27NO4. The van der Waals surface area contributed by atoms with Crippen molar-refractivity contribution in [3.63, 3.8) is 0 Å². The van der Waals surface area contributed by atoms with Gasteiger partial charge in [-0.1, -0.05) is 33.4 Å². The lowest BCUT2D eigenvalue weighted by Gasteiger charge is -2.17. The van der Waals surface area contributed by atoms with E-state index in [2.05, 4.69) is 25.3 Å². The van der Waals surface area contributed by atoms with Crippen molar-refractivity contribution in [2.24, 2.45) is 5.92 Å². The fraction of sp³-hybridized carbons (Fsp3) is 0.625. The van der Waals surface area contributed by atoms with Crippen LogP contribution in [0.25, 0.3) is 0 Å². The Balaban J connectivity index is 0.000000423. The molecule has 0 heterocycles. The first-order valence-electron chi connectivity index (χ1n) is 7.30. The van der Waals surface area contributed by atoms with Gasteiger partial charge in [-0.3, -0.25) is 0 Å². The fourth-order valence-corrected chi connectivity index (χ4v) is 1.75. The van der Waals surface area contributed by atoms with Crippen LogP contribution in [0.4, 0.5) is 0 Å². The van der Waals surface area contributed by atoms with Crippen molar-refractivity contribution in [1.29, 1.82) is 0 Å². The highest BCUT2D eigenvalue weighted by molar-refractivity contribution is 5.88. The molecule has 0 aliphatic heterocycles. The number of allylic oxidation sites excluding steroid dienone is 1. The second kappa shape index (κ2) is 10.2. The minimum absolute atomic E-state index is 0.299. The van der Waals surface area contributed by atoms with E-state index in [1.807, 2.05) is 6.92 Å². The third kappa shape index (κ3) is 8.30. The minimum atomic E-state index is -0.761. The quantitative estimate of drug-likeness (QED) is 0.577. The van der Waals surface area contributed by atoms with Crippen LogP contribution < -0.4 is 0 Å². The van der Waals surface area contributed by atoms with E-state index in [1.165, 1.54) is 0 Å². The molecule has 1 atom stereocenters. The molecule has 0 saturated carbocycles. The Morgan fingerprint density at radius 1 is 1.43 bits per heavy atom. The van der Waals surface area contributed by atoms with Crippen LogP contribution in [0.3, 0.4) is 0 Å². The summed E-state index contributed by atoms with van der Waals surface area (Å²) < 4.78 is 4.96. The molecule has 1 aliphatic rings. The molecule has 0 fully saturated rings. The maximum atomic E-state index is 11.0. The lowest BCUT2D eigenvalue weighted by atomic mass is 9.88. The largest absolute Gasteiger partial charge is 0.478 e. The van der Waals surface area contributed by atoms with Crippen molar-refractivity contribution < 1.29 is 19.4 Å². The zero-order valence-corrected chi connectivity index (χ0v) is 13.5. The molecule has 0 bridgehead atoms. The summed E-state index contributed by atoms with van der Waals surface area (Å²) in [5.74, 6) is -0.573. The number of hydrogen-bond donors (Lipinski definition) is 1. The zero-order chi connectivity index (χ0) is 16.4. The number of hydrogen-bond acceptors (Lipinski definition) is 4. The van der Waals surface area contributed by atoms with Gasteiger partial charge in [0.05, 0.1) is 0 Å². The van der Waals surface area contributed by atoms with Gasteiger partial charge in [0, 0.05) is 17.7 Å². The van der Waals surface area contributed by atoms with Crippen LogP contribution in [-0.2, 0) is 14.3 Å². The second-order valence-corrected chi connectivity index (χ2v) is 5.12. The molecule has 1 unspecified atom stereocenters. The maximum Gasteiger partial charge on any atom is 0.333 e. The van der Waals surface area contributed by atoms with Crippen molar-refractivity contribution in [1.82, 2.24) is 4.90 Å². The van der Waals surface area contributed by atoms with Crippen molar-refractivity contribution in [2.75, 3.05) is 26.2 Å². The van der Waals surface area contributed by atoms with Crippen LogP contribution in [0, 0.1) is 5.92 Å². The number of rotatable bonds is 7. The van der Waals surface area contributed by atoms with E-state index < -0.39 is 5.97 Å². The third-order valence-corrected chi connectivity index (χ3v) is 3.19. The molecule has 0 aromatic carbocycles. The zero-order valence-electron chi connectivity index (χ0n) is 13.5. The molecule has 0 aromatic rings. The van der Waals surface area contributed by atoms with E-state index in [0.717, 1.165) is 26.1 Å². The summed E-state index contributed by atoms with van der Waals surface area (Å²) >= 11 is 0. The van der Waals surface area contributed by atoms with Crippen LogP contribution in [0.1, 0.15) is 34.1 Å². The summed E-state index contributed by atoms with van der Waals surface area (Å²) in [5.41, 5.74) is 1.03. The lowest BCUT2D eigenvalue weighted by Crippen LogP contribution is -2.27. The normalized spacial score (nSPS) is 16.2. The number of ether oxygens (including phenoxy) is 1. The number of carbonyl (C=O) groups is 2. The van der Waals surface area contributed by atoms with E-state index in [0.29, 0.717) is 23.7 Å². The number of carboxylic acid groups (broad SMARTS) is 1. The molecule has 21 heavy (non-hydrogen) atoms. The number of nitrogens with zero attached hydrogens (tertiary/aromatic N) is 1. The van der Waals surface area contributed by atoms with Gasteiger partial charge in [-0.15, -0.1) is 0 Å². The molecule has 1 aliphatic carbocycles. The van der Waals surface area contributed by atoms with Gasteiger partial charge in [-0.05, 0) is 32.4 Å². The molecular weight excluding hydrogens is 270 g/mol. The molecule has 0 radical (unpaired) electrons. The van der Waals surface area contributed by atoms with Gasteiger partial charge in [0.1, 0.15) is 6.61 Å². The Morgan fingerprint density at radius 3 is 2.24 bits per heavy atom. The Bertz CT molecular complexity index is 397. The molecule has 0 saturated heterocycles. The summed E-state index contributed by atoms with van der Waals surface area (Å²) in [5, 5.41) is 8.28. The van der Waals surface area contributed by atoms with Gasteiger partial charge in [0.15, 0.2) is 0 Å². The average molecular weight is 297 g/mol. The first-order chi connectivity index (χ1) is 9.81. The van der Waals surface area contributed by atoms with Gasteiger partial charge < -0.3 is 14.7 Å². The predicted octanol–water partition coefficient (Wildman–Crippen LogP) is 2.48. The van der Waals surface area contributed by atoms with Crippen molar-refractivity contribution >= 4 is 11.9 Å². The number of carboxylic acids is 1. The van der Waals surface area contributed by atoms with Crippen molar-refractivity contribution in [3.05, 3.63) is 23.8 Å². The van der Waals surface area contributed by atoms with E-state index in [-0.39, 0.29) is 5.97 Å². The van der Waals surface area contributed by atoms with E-state index in [4.69, 9.17) is 9.84 Å². The predicted molar refractivity (Wildman–Crippen MR) is 83.1 cm³/mol. The molecule has 1 N–H and O–H groups in total. The minimum Gasteiger partial charge on any atom is -0.478 e. The first kappa shape index (κ1) is 19.4. The first-order valence-corrected chi connectivity index (χ1v) is 7.30. The Kier molecular flexibility index (Phi) is 9.37. The van der Waals surface area contributed by atoms with Gasteiger partial charge in [0.25, 0.3) is 0 Å². The Morgan fingerprint density at radius 2 is 1.95 bits per heavy atom. The third-order valence-electron chi connectivity index (χ3n) is 3.19. The lowest BCUT2D eigenvalue weighted by molar-refractivity contribution is -0.139. The summed E-state index contributed by atoms with van der Waals surface area (Å²) in [6, 6.07) is 0. The SMILES string of the molecule is C=C(C)C(=O)OCCN(CC)CC.CC1C=C(C(=O)O)C1. The van der Waals surface area contributed by atoms with Crippen LogP contribution in [-0.4, -0.2) is 48.2 Å². The summed E-state index contributed by atoms with van der Waals surface area (Å²) in [6.07, 6.45) is 2.53. The summed E-state index contributed by atoms with van der Waals surface area (Å²) in [4.78, 5) is 23.2. The highest BCUT2D eigenvalue weighted by atomic mass is 16.5. The Labute approximate surface area is 127 Å². The van der Waals surface area contributed by atoms with Crippen LogP contribution in [0.2, 0.25) is 0 Å².